The fourth-order valence-corrected chi connectivity index (χ4v) is 8.87. The molecule has 0 aromatic rings. The highest BCUT2D eigenvalue weighted by Gasteiger charge is 2.33. The first-order valence-corrected chi connectivity index (χ1v) is 30.1. The highest BCUT2D eigenvalue weighted by atomic mass is 16.2. The molecule has 4 unspecified atom stereocenters. The molecular weight excluding hydrogens is 1010 g/mol. The highest BCUT2D eigenvalue weighted by molar-refractivity contribution is 5.97. The summed E-state index contributed by atoms with van der Waals surface area (Å²) < 4.78 is 0. The second kappa shape index (κ2) is 47.7. The van der Waals surface area contributed by atoms with E-state index in [1.54, 1.807) is 6.92 Å². The zero-order valence-corrected chi connectivity index (χ0v) is 51.4. The van der Waals surface area contributed by atoms with Crippen LogP contribution < -0.4 is 38.1 Å². The number of rotatable bonds is 53. The van der Waals surface area contributed by atoms with E-state index in [2.05, 4.69) is 83.9 Å². The molecule has 0 radical (unpaired) electrons. The summed E-state index contributed by atoms with van der Waals surface area (Å²) in [5, 5.41) is 14.5. The van der Waals surface area contributed by atoms with Crippen LogP contribution in [0.3, 0.4) is 0 Å². The normalized spacial score (nSPS) is 13.2. The molecule has 9 N–H and O–H groups in total. The van der Waals surface area contributed by atoms with Gasteiger partial charge >= 0.3 is 0 Å². The monoisotopic (exact) mass is 1120 g/mol. The van der Waals surface area contributed by atoms with Crippen LogP contribution in [0.1, 0.15) is 137 Å². The second-order valence-corrected chi connectivity index (χ2v) is 22.4. The molecule has 0 spiro atoms. The lowest BCUT2D eigenvalue weighted by Crippen LogP contribution is -2.41. The summed E-state index contributed by atoms with van der Waals surface area (Å²) in [5.74, 6) is -7.35. The Morgan fingerprint density at radius 2 is 0.671 bits per heavy atom. The lowest BCUT2D eigenvalue weighted by Gasteiger charge is -2.25. The van der Waals surface area contributed by atoms with E-state index in [1.807, 2.05) is 35.1 Å². The van der Waals surface area contributed by atoms with Gasteiger partial charge in [0, 0.05) is 181 Å². The van der Waals surface area contributed by atoms with Gasteiger partial charge in [-0.3, -0.25) is 38.4 Å². The minimum atomic E-state index is -1.19. The molecule has 0 saturated carbocycles. The largest absolute Gasteiger partial charge is 0.356 e. The van der Waals surface area contributed by atoms with E-state index in [0.717, 1.165) is 123 Å². The lowest BCUT2D eigenvalue weighted by atomic mass is 9.84. The third-order valence-corrected chi connectivity index (χ3v) is 14.5. The smallest absolute Gasteiger partial charge is 0.224 e. The molecule has 0 heterocycles. The molecule has 0 aromatic carbocycles. The Morgan fingerprint density at radius 3 is 1.13 bits per heavy atom. The summed E-state index contributed by atoms with van der Waals surface area (Å²) >= 11 is 0. The maximum absolute atomic E-state index is 14.5. The number of likely N-dealkylation sites (N-methyl/N-ethyl adjacent to an activating group) is 6. The number of carbonyl (C=O) groups is 8. The van der Waals surface area contributed by atoms with Gasteiger partial charge in [0.2, 0.25) is 29.5 Å². The number of Topliss-reactive ketones (excluding diaryl/α,β-unsaturated/α-hetero) is 3. The molecule has 460 valence electrons. The molecule has 0 bridgehead atoms. The standard InChI is InChI=1S/C58H115N13O8/c1-11-14-17-19-24-61-54(75)45-48(41-51(72)40-47(4)56(77)63-25-20-18-15-12-2)53(74)44-49(57(78)65-27-31-69(8)35-39-71(10)37-33-67(6)29-22-60)42-52(73)43-50(58(79)64-23-16-13-3)46-55(76)62-26-30-68(7)34-38-70(9)36-32-66(5)28-21-59/h47-50H,11-46,59-60H2,1-10H3,(H,61,75)(H,62,76)(H,63,77)(H,64,79)(H,65,78). The van der Waals surface area contributed by atoms with Crippen molar-refractivity contribution < 1.29 is 38.4 Å². The van der Waals surface area contributed by atoms with E-state index in [0.29, 0.717) is 58.8 Å². The third-order valence-electron chi connectivity index (χ3n) is 14.5. The molecule has 0 rings (SSSR count). The van der Waals surface area contributed by atoms with E-state index in [1.165, 1.54) is 0 Å². The van der Waals surface area contributed by atoms with Crippen molar-refractivity contribution in [1.29, 1.82) is 0 Å². The van der Waals surface area contributed by atoms with Crippen molar-refractivity contribution in [1.82, 2.24) is 56.0 Å². The van der Waals surface area contributed by atoms with E-state index < -0.39 is 65.8 Å². The van der Waals surface area contributed by atoms with E-state index in [-0.39, 0.29) is 56.2 Å². The average Bonchev–Trinajstić information content (AvgIpc) is 3.40. The van der Waals surface area contributed by atoms with Crippen molar-refractivity contribution in [3.05, 3.63) is 0 Å². The van der Waals surface area contributed by atoms with Crippen molar-refractivity contribution in [3.63, 3.8) is 0 Å². The Morgan fingerprint density at radius 1 is 0.342 bits per heavy atom. The summed E-state index contributed by atoms with van der Waals surface area (Å²) in [6.07, 6.45) is 7.06. The maximum Gasteiger partial charge on any atom is 0.224 e. The molecule has 0 saturated heterocycles. The van der Waals surface area contributed by atoms with Crippen LogP contribution in [0.5, 0.6) is 0 Å². The Balaban J connectivity index is 6.43. The van der Waals surface area contributed by atoms with Gasteiger partial charge in [-0.05, 0) is 61.5 Å². The first-order valence-electron chi connectivity index (χ1n) is 30.1. The number of nitrogens with two attached hydrogens (primary N) is 2. The molecule has 0 aliphatic carbocycles. The van der Waals surface area contributed by atoms with Crippen molar-refractivity contribution in [2.24, 2.45) is 35.1 Å². The molecule has 0 aliphatic rings. The van der Waals surface area contributed by atoms with Crippen LogP contribution in [0.2, 0.25) is 0 Å². The third kappa shape index (κ3) is 40.8. The van der Waals surface area contributed by atoms with Crippen LogP contribution >= 0.6 is 0 Å². The number of unbranched alkanes of at least 4 members (excludes halogenated alkanes) is 7. The van der Waals surface area contributed by atoms with Gasteiger partial charge in [-0.15, -0.1) is 0 Å². The Hall–Kier alpha value is -3.96. The van der Waals surface area contributed by atoms with Crippen molar-refractivity contribution in [2.75, 3.05) is 167 Å². The van der Waals surface area contributed by atoms with Crippen LogP contribution in [-0.4, -0.2) is 243 Å². The van der Waals surface area contributed by atoms with Crippen LogP contribution in [0.25, 0.3) is 0 Å². The molecule has 0 fully saturated rings. The Labute approximate surface area is 478 Å². The van der Waals surface area contributed by atoms with Crippen LogP contribution in [0, 0.1) is 23.7 Å². The number of carbonyl (C=O) groups excluding carboxylic acids is 8. The topological polar surface area (TPSA) is 268 Å². The zero-order chi connectivity index (χ0) is 59.4. The molecule has 21 heteroatoms. The zero-order valence-electron chi connectivity index (χ0n) is 51.4. The van der Waals surface area contributed by atoms with Gasteiger partial charge < -0.3 is 67.5 Å². The predicted molar refractivity (Wildman–Crippen MR) is 318 cm³/mol. The molecule has 0 aliphatic heterocycles. The van der Waals surface area contributed by atoms with E-state index in [9.17, 15) is 38.4 Å². The number of amides is 5. The molecular formula is C58H115N13O8. The molecule has 5 amide bonds. The van der Waals surface area contributed by atoms with Gasteiger partial charge in [-0.25, -0.2) is 0 Å². The summed E-state index contributed by atoms with van der Waals surface area (Å²) in [5.41, 5.74) is 11.4. The minimum Gasteiger partial charge on any atom is -0.356 e. The van der Waals surface area contributed by atoms with Gasteiger partial charge in [-0.2, -0.15) is 0 Å². The Bertz CT molecular complexity index is 1700. The first kappa shape index (κ1) is 75.0. The fourth-order valence-electron chi connectivity index (χ4n) is 8.87. The van der Waals surface area contributed by atoms with Crippen molar-refractivity contribution in [3.8, 4) is 0 Å². The lowest BCUT2D eigenvalue weighted by molar-refractivity contribution is -0.137. The highest BCUT2D eigenvalue weighted by Crippen LogP contribution is 2.23. The second-order valence-electron chi connectivity index (χ2n) is 22.4. The SMILES string of the molecule is CCCCCCNC(=O)CC(CC(=O)CC(C)C(=O)NCCCCCC)C(=O)CC(CC(=O)CC(CC(=O)NCCN(C)CCN(C)CCN(C)CCN)C(=O)NCCCC)C(=O)NCCN(C)CCN(C)CCN(C)CCN. The fraction of sp³-hybridized carbons (Fsp3) is 0.862. The predicted octanol–water partition coefficient (Wildman–Crippen LogP) is 1.96. The first-order chi connectivity index (χ1) is 37.7. The number of nitrogens with zero attached hydrogens (tertiary/aromatic N) is 6. The Kier molecular flexibility index (Phi) is 45.3. The quantitative estimate of drug-likeness (QED) is 0.0429. The minimum absolute atomic E-state index is 0.127. The summed E-state index contributed by atoms with van der Waals surface area (Å²) in [4.78, 5) is 123. The van der Waals surface area contributed by atoms with E-state index >= 15 is 0 Å². The van der Waals surface area contributed by atoms with Crippen molar-refractivity contribution >= 4 is 46.9 Å². The van der Waals surface area contributed by atoms with Gasteiger partial charge in [0.1, 0.15) is 17.3 Å². The molecule has 79 heavy (non-hydrogen) atoms. The molecule has 21 nitrogen and oxygen atoms in total. The number of hydrogen-bond donors (Lipinski definition) is 7. The number of hydrogen-bond acceptors (Lipinski definition) is 16. The maximum atomic E-state index is 14.5. The van der Waals surface area contributed by atoms with Gasteiger partial charge in [0.15, 0.2) is 0 Å². The van der Waals surface area contributed by atoms with Gasteiger partial charge in [0.25, 0.3) is 0 Å². The average molecular weight is 1120 g/mol. The summed E-state index contributed by atoms with van der Waals surface area (Å²) in [7, 11) is 12.1. The van der Waals surface area contributed by atoms with Crippen LogP contribution in [-0.2, 0) is 38.4 Å². The van der Waals surface area contributed by atoms with E-state index in [4.69, 9.17) is 11.5 Å². The van der Waals surface area contributed by atoms with Crippen LogP contribution in [0.15, 0.2) is 0 Å². The molecule has 0 aromatic heterocycles. The number of nitrogens with one attached hydrogen (secondary N) is 5. The number of ketones is 3. The summed E-state index contributed by atoms with van der Waals surface area (Å²) in [6.45, 7) is 20.3. The van der Waals surface area contributed by atoms with Crippen molar-refractivity contribution in [2.45, 2.75) is 137 Å². The van der Waals surface area contributed by atoms with Crippen LogP contribution in [0.4, 0.5) is 0 Å². The van der Waals surface area contributed by atoms with Gasteiger partial charge in [-0.1, -0.05) is 72.6 Å². The summed E-state index contributed by atoms with van der Waals surface area (Å²) in [6, 6.07) is 0. The van der Waals surface area contributed by atoms with Gasteiger partial charge in [0.05, 0.1) is 11.8 Å². The molecule has 4 atom stereocenters.